The maximum absolute atomic E-state index is 12.4. The molecule has 1 aromatic carbocycles. The molecule has 26 heavy (non-hydrogen) atoms. The summed E-state index contributed by atoms with van der Waals surface area (Å²) in [5, 5.41) is 3.93. The molecule has 138 valence electrons. The third-order valence-electron chi connectivity index (χ3n) is 3.96. The Bertz CT molecular complexity index is 873. The van der Waals surface area contributed by atoms with Crippen LogP contribution in [0.5, 0.6) is 5.88 Å². The first kappa shape index (κ1) is 17.8. The van der Waals surface area contributed by atoms with Crippen LogP contribution in [-0.2, 0) is 13.5 Å². The van der Waals surface area contributed by atoms with Crippen molar-refractivity contribution in [3.05, 3.63) is 41.9 Å². The number of halogens is 2. The van der Waals surface area contributed by atoms with Crippen LogP contribution in [-0.4, -0.2) is 50.8 Å². The third kappa shape index (κ3) is 3.98. The van der Waals surface area contributed by atoms with Crippen LogP contribution in [0.2, 0.25) is 0 Å². The smallest absolute Gasteiger partial charge is 0.388 e. The topological polar surface area (TPSA) is 76.0 Å². The summed E-state index contributed by atoms with van der Waals surface area (Å²) in [6.07, 6.45) is 1.39. The average molecular weight is 363 g/mol. The van der Waals surface area contributed by atoms with E-state index in [0.717, 1.165) is 21.5 Å². The number of alkyl halides is 2. The normalized spacial score (nSPS) is 11.3. The van der Waals surface area contributed by atoms with Gasteiger partial charge in [-0.25, -0.2) is 9.67 Å². The Morgan fingerprint density at radius 3 is 2.88 bits per heavy atom. The van der Waals surface area contributed by atoms with Gasteiger partial charge in [-0.2, -0.15) is 13.9 Å². The van der Waals surface area contributed by atoms with Crippen molar-refractivity contribution in [2.75, 3.05) is 13.6 Å². The zero-order valence-electron chi connectivity index (χ0n) is 14.4. The summed E-state index contributed by atoms with van der Waals surface area (Å²) in [4.78, 5) is 21.6. The van der Waals surface area contributed by atoms with Crippen molar-refractivity contribution in [2.45, 2.75) is 19.5 Å². The number of ether oxygens (including phenoxy) is 1. The molecule has 0 aliphatic rings. The minimum absolute atomic E-state index is 0.0642. The lowest BCUT2D eigenvalue weighted by molar-refractivity contribution is -0.0553. The molecule has 0 bridgehead atoms. The number of fused-ring (bicyclic) bond motifs is 1. The minimum atomic E-state index is -2.96. The van der Waals surface area contributed by atoms with Gasteiger partial charge < -0.3 is 14.6 Å². The quantitative estimate of drug-likeness (QED) is 0.700. The fraction of sp³-hybridized carbons (Fsp3) is 0.353. The summed E-state index contributed by atoms with van der Waals surface area (Å²) >= 11 is 0. The van der Waals surface area contributed by atoms with Crippen LogP contribution < -0.4 is 4.74 Å². The van der Waals surface area contributed by atoms with E-state index in [0.29, 0.717) is 19.4 Å². The molecular formula is C17H19F2N5O2. The molecule has 0 radical (unpaired) electrons. The number of para-hydroxylation sites is 2. The molecule has 3 aromatic rings. The van der Waals surface area contributed by atoms with Crippen LogP contribution in [0.25, 0.3) is 11.0 Å². The van der Waals surface area contributed by atoms with Gasteiger partial charge in [0.2, 0.25) is 5.88 Å². The number of amides is 1. The van der Waals surface area contributed by atoms with Gasteiger partial charge in [-0.05, 0) is 18.6 Å². The van der Waals surface area contributed by atoms with Crippen molar-refractivity contribution in [2.24, 2.45) is 7.05 Å². The molecule has 0 atom stereocenters. The molecule has 2 heterocycles. The fourth-order valence-corrected chi connectivity index (χ4v) is 2.66. The number of hydrogen-bond donors (Lipinski definition) is 1. The lowest BCUT2D eigenvalue weighted by Crippen LogP contribution is -2.28. The number of nitrogens with one attached hydrogen (secondary N) is 1. The predicted molar refractivity (Wildman–Crippen MR) is 91.2 cm³/mol. The number of hydrogen-bond acceptors (Lipinski definition) is 4. The molecule has 0 unspecified atom stereocenters. The van der Waals surface area contributed by atoms with Crippen molar-refractivity contribution in [1.29, 1.82) is 0 Å². The summed E-state index contributed by atoms with van der Waals surface area (Å²) in [6, 6.07) is 8.98. The first-order valence-corrected chi connectivity index (χ1v) is 8.12. The number of aromatic amines is 1. The van der Waals surface area contributed by atoms with Crippen molar-refractivity contribution in [1.82, 2.24) is 24.6 Å². The van der Waals surface area contributed by atoms with Crippen LogP contribution in [0, 0.1) is 0 Å². The largest absolute Gasteiger partial charge is 0.417 e. The van der Waals surface area contributed by atoms with E-state index in [-0.39, 0.29) is 17.5 Å². The molecule has 0 saturated carbocycles. The number of benzene rings is 1. The van der Waals surface area contributed by atoms with Gasteiger partial charge in [0.1, 0.15) is 5.82 Å². The van der Waals surface area contributed by atoms with Gasteiger partial charge in [-0.15, -0.1) is 0 Å². The van der Waals surface area contributed by atoms with Crippen LogP contribution in [0.15, 0.2) is 30.3 Å². The summed E-state index contributed by atoms with van der Waals surface area (Å²) in [5.74, 6) is 0.353. The number of imidazole rings is 1. The number of aromatic nitrogens is 4. The van der Waals surface area contributed by atoms with Crippen molar-refractivity contribution < 1.29 is 18.3 Å². The molecular weight excluding hydrogens is 344 g/mol. The summed E-state index contributed by atoms with van der Waals surface area (Å²) in [5.41, 5.74) is 1.95. The second kappa shape index (κ2) is 7.51. The maximum Gasteiger partial charge on any atom is 0.388 e. The Morgan fingerprint density at radius 1 is 1.38 bits per heavy atom. The highest BCUT2D eigenvalue weighted by atomic mass is 19.3. The number of carbonyl (C=O) groups excluding carboxylic acids is 1. The molecule has 1 N–H and O–H groups in total. The first-order chi connectivity index (χ1) is 12.4. The monoisotopic (exact) mass is 363 g/mol. The highest BCUT2D eigenvalue weighted by Crippen LogP contribution is 2.16. The molecule has 0 aliphatic heterocycles. The second-order valence-electron chi connectivity index (χ2n) is 5.90. The molecule has 2 aromatic heterocycles. The summed E-state index contributed by atoms with van der Waals surface area (Å²) in [6.45, 7) is -2.48. The third-order valence-corrected chi connectivity index (χ3v) is 3.96. The lowest BCUT2D eigenvalue weighted by Gasteiger charge is -2.15. The van der Waals surface area contributed by atoms with Gasteiger partial charge in [-0.3, -0.25) is 4.79 Å². The molecule has 1 amide bonds. The first-order valence-electron chi connectivity index (χ1n) is 8.12. The second-order valence-corrected chi connectivity index (χ2v) is 5.90. The summed E-state index contributed by atoms with van der Waals surface area (Å²) in [7, 11) is 3.08. The average Bonchev–Trinajstić information content (AvgIpc) is 3.17. The van der Waals surface area contributed by atoms with Gasteiger partial charge in [0.25, 0.3) is 5.91 Å². The number of nitrogens with zero attached hydrogens (tertiary/aromatic N) is 4. The highest BCUT2D eigenvalue weighted by Gasteiger charge is 2.19. The molecule has 0 saturated heterocycles. The number of rotatable bonds is 7. The molecule has 3 rings (SSSR count). The maximum atomic E-state index is 12.4. The number of H-pyrrole nitrogens is 1. The molecule has 9 heteroatoms. The fourth-order valence-electron chi connectivity index (χ4n) is 2.66. The van der Waals surface area contributed by atoms with E-state index in [1.54, 1.807) is 7.05 Å². The van der Waals surface area contributed by atoms with Gasteiger partial charge in [0, 0.05) is 33.1 Å². The Hall–Kier alpha value is -2.97. The number of carbonyl (C=O) groups is 1. The van der Waals surface area contributed by atoms with Crippen molar-refractivity contribution in [3.63, 3.8) is 0 Å². The zero-order chi connectivity index (χ0) is 18.7. The van der Waals surface area contributed by atoms with E-state index in [1.165, 1.54) is 18.0 Å². The van der Waals surface area contributed by atoms with Crippen molar-refractivity contribution >= 4 is 16.9 Å². The standard InChI is InChI=1S/C17H19F2N5O2/c1-23(16(25)13-10-15(24(2)22-13)26-17(18)19)9-5-8-14-20-11-6-3-4-7-12(11)21-14/h3-4,6-7,10,17H,5,8-9H2,1-2H3,(H,20,21). The van der Waals surface area contributed by atoms with Crippen LogP contribution >= 0.6 is 0 Å². The van der Waals surface area contributed by atoms with Crippen molar-refractivity contribution in [3.8, 4) is 5.88 Å². The van der Waals surface area contributed by atoms with E-state index >= 15 is 0 Å². The Balaban J connectivity index is 1.55. The summed E-state index contributed by atoms with van der Waals surface area (Å²) < 4.78 is 30.0. The van der Waals surface area contributed by atoms with E-state index in [1.807, 2.05) is 24.3 Å². The minimum Gasteiger partial charge on any atom is -0.417 e. The van der Waals surface area contributed by atoms with Gasteiger partial charge >= 0.3 is 6.61 Å². The Morgan fingerprint density at radius 2 is 2.15 bits per heavy atom. The molecule has 0 spiro atoms. The van der Waals surface area contributed by atoms with Gasteiger partial charge in [0.15, 0.2) is 5.69 Å². The van der Waals surface area contributed by atoms with E-state index in [2.05, 4.69) is 19.8 Å². The van der Waals surface area contributed by atoms with E-state index < -0.39 is 6.61 Å². The lowest BCUT2D eigenvalue weighted by atomic mass is 10.2. The highest BCUT2D eigenvalue weighted by molar-refractivity contribution is 5.92. The number of aryl methyl sites for hydroxylation is 2. The molecule has 0 fully saturated rings. The molecule has 0 aliphatic carbocycles. The Labute approximate surface area is 148 Å². The molecule has 7 nitrogen and oxygen atoms in total. The SMILES string of the molecule is CN(CCCc1nc2ccccc2[nH]1)C(=O)c1cc(OC(F)F)n(C)n1. The van der Waals surface area contributed by atoms with E-state index in [4.69, 9.17) is 0 Å². The van der Waals surface area contributed by atoms with Crippen LogP contribution in [0.3, 0.4) is 0 Å². The van der Waals surface area contributed by atoms with Crippen LogP contribution in [0.1, 0.15) is 22.7 Å². The van der Waals surface area contributed by atoms with E-state index in [9.17, 15) is 13.6 Å². The predicted octanol–water partition coefficient (Wildman–Crippen LogP) is 2.60. The van der Waals surface area contributed by atoms with Gasteiger partial charge in [-0.1, -0.05) is 12.1 Å². The van der Waals surface area contributed by atoms with Crippen LogP contribution in [0.4, 0.5) is 8.78 Å². The Kier molecular flexibility index (Phi) is 5.15. The van der Waals surface area contributed by atoms with Gasteiger partial charge in [0.05, 0.1) is 11.0 Å². The zero-order valence-corrected chi connectivity index (χ0v) is 14.4.